The van der Waals surface area contributed by atoms with Crippen LogP contribution in [0.2, 0.25) is 0 Å². The Morgan fingerprint density at radius 1 is 1.67 bits per heavy atom. The number of alkyl halides is 3. The Morgan fingerprint density at radius 3 is 2.67 bits per heavy atom. The fourth-order valence-corrected chi connectivity index (χ4v) is 1.93. The number of hydrogen-bond acceptors (Lipinski definition) is 3. The van der Waals surface area contributed by atoms with Crippen LogP contribution in [0.3, 0.4) is 0 Å². The Morgan fingerprint density at radius 2 is 2.27 bits per heavy atom. The maximum Gasteiger partial charge on any atom is 0.377 e. The largest absolute Gasteiger partial charge is 0.377 e. The summed E-state index contributed by atoms with van der Waals surface area (Å²) < 4.78 is 24.9. The molecule has 0 unspecified atom stereocenters. The van der Waals surface area contributed by atoms with E-state index in [1.165, 1.54) is 22.6 Å². The highest BCUT2D eigenvalue weighted by molar-refractivity contribution is 14.1. The maximum atomic E-state index is 12.5. The van der Waals surface area contributed by atoms with Crippen LogP contribution in [0.25, 0.3) is 0 Å². The average molecular weight is 393 g/mol. The van der Waals surface area contributed by atoms with Crippen LogP contribution >= 0.6 is 38.5 Å². The number of pyridine rings is 1. The van der Waals surface area contributed by atoms with Crippen molar-refractivity contribution in [3.8, 4) is 0 Å². The van der Waals surface area contributed by atoms with Crippen molar-refractivity contribution in [2.75, 3.05) is 0 Å². The summed E-state index contributed by atoms with van der Waals surface area (Å²) >= 11 is 4.52. The van der Waals surface area contributed by atoms with E-state index in [1.807, 2.05) is 0 Å². The van der Waals surface area contributed by atoms with Gasteiger partial charge in [0.1, 0.15) is 3.57 Å². The minimum atomic E-state index is -2.74. The summed E-state index contributed by atoms with van der Waals surface area (Å²) in [6, 6.07) is 1.16. The number of halogens is 4. The van der Waals surface area contributed by atoms with Gasteiger partial charge in [-0.1, -0.05) is 15.9 Å². The summed E-state index contributed by atoms with van der Waals surface area (Å²) in [5, 5.41) is 10.7. The summed E-state index contributed by atoms with van der Waals surface area (Å²) in [7, 11) is 0. The van der Waals surface area contributed by atoms with E-state index in [-0.39, 0.29) is 20.2 Å². The molecule has 0 radical (unpaired) electrons. The summed E-state index contributed by atoms with van der Waals surface area (Å²) in [6.07, 6.45) is -2.74. The molecule has 82 valence electrons. The van der Waals surface area contributed by atoms with Gasteiger partial charge in [0, 0.05) is 5.56 Å². The molecule has 0 bridgehead atoms. The van der Waals surface area contributed by atoms with Crippen molar-refractivity contribution in [1.82, 2.24) is 4.98 Å². The fourth-order valence-electron chi connectivity index (χ4n) is 0.938. The first-order valence-electron chi connectivity index (χ1n) is 3.65. The third-order valence-corrected chi connectivity index (χ3v) is 3.25. The van der Waals surface area contributed by atoms with Crippen LogP contribution in [0.4, 0.5) is 14.6 Å². The van der Waals surface area contributed by atoms with Gasteiger partial charge in [-0.3, -0.25) is 0 Å². The molecule has 0 fully saturated rings. The van der Waals surface area contributed by atoms with Crippen molar-refractivity contribution in [3.05, 3.63) is 31.0 Å². The first-order valence-corrected chi connectivity index (χ1v) is 5.85. The Kier molecular flexibility index (Phi) is 4.32. The molecule has 0 spiro atoms. The van der Waals surface area contributed by atoms with Gasteiger partial charge in [-0.15, -0.1) is 0 Å². The second-order valence-electron chi connectivity index (χ2n) is 2.53. The van der Waals surface area contributed by atoms with Crippen LogP contribution in [-0.2, 0) is 5.33 Å². The monoisotopic (exact) mass is 392 g/mol. The van der Waals surface area contributed by atoms with E-state index in [4.69, 9.17) is 0 Å². The minimum Gasteiger partial charge on any atom is -0.358 e. The summed E-state index contributed by atoms with van der Waals surface area (Å²) in [6.45, 7) is 0. The highest BCUT2D eigenvalue weighted by Gasteiger charge is 2.24. The van der Waals surface area contributed by atoms with E-state index >= 15 is 0 Å². The summed E-state index contributed by atoms with van der Waals surface area (Å²) in [5.41, 5.74) is -0.135. The molecule has 0 aliphatic rings. The van der Waals surface area contributed by atoms with E-state index in [0.29, 0.717) is 0 Å². The fraction of sp³-hybridized carbons (Fsp3) is 0.286. The summed E-state index contributed by atoms with van der Waals surface area (Å²) in [5.74, 6) is -0.525. The lowest BCUT2D eigenvalue weighted by molar-refractivity contribution is -0.390. The predicted octanol–water partition coefficient (Wildman–Crippen LogP) is 3.43. The van der Waals surface area contributed by atoms with Gasteiger partial charge >= 0.3 is 5.82 Å². The van der Waals surface area contributed by atoms with E-state index < -0.39 is 17.2 Å². The van der Waals surface area contributed by atoms with Gasteiger partial charge in [-0.25, -0.2) is 8.78 Å². The Hall–Kier alpha value is -0.380. The molecule has 0 saturated heterocycles. The normalized spacial score (nSPS) is 10.7. The smallest absolute Gasteiger partial charge is 0.358 e. The highest BCUT2D eigenvalue weighted by Crippen LogP contribution is 2.30. The molecule has 0 atom stereocenters. The predicted molar refractivity (Wildman–Crippen MR) is 61.2 cm³/mol. The van der Waals surface area contributed by atoms with Crippen molar-refractivity contribution in [1.29, 1.82) is 0 Å². The molecule has 0 aliphatic heterocycles. The second kappa shape index (κ2) is 5.10. The molecule has 1 aromatic heterocycles. The molecule has 8 heteroatoms. The van der Waals surface area contributed by atoms with Crippen LogP contribution < -0.4 is 0 Å². The molecule has 0 amide bonds. The van der Waals surface area contributed by atoms with Crippen molar-refractivity contribution in [2.45, 2.75) is 11.8 Å². The lowest BCUT2D eigenvalue weighted by Crippen LogP contribution is -2.03. The lowest BCUT2D eigenvalue weighted by atomic mass is 10.2. The topological polar surface area (TPSA) is 56.0 Å². The Bertz CT molecular complexity index is 403. The van der Waals surface area contributed by atoms with E-state index in [0.717, 1.165) is 6.07 Å². The molecule has 0 saturated carbocycles. The maximum absolute atomic E-state index is 12.5. The molecule has 15 heavy (non-hydrogen) atoms. The van der Waals surface area contributed by atoms with E-state index in [1.54, 1.807) is 0 Å². The van der Waals surface area contributed by atoms with Crippen LogP contribution in [0.15, 0.2) is 6.07 Å². The third kappa shape index (κ3) is 2.80. The highest BCUT2D eigenvalue weighted by atomic mass is 127. The zero-order valence-corrected chi connectivity index (χ0v) is 10.8. The second-order valence-corrected chi connectivity index (χ2v) is 4.17. The van der Waals surface area contributed by atoms with Crippen molar-refractivity contribution in [3.63, 3.8) is 0 Å². The summed E-state index contributed by atoms with van der Waals surface area (Å²) in [4.78, 5) is 13.4. The zero-order chi connectivity index (χ0) is 11.6. The van der Waals surface area contributed by atoms with Gasteiger partial charge < -0.3 is 10.1 Å². The van der Waals surface area contributed by atoms with Gasteiger partial charge in [0.2, 0.25) is 0 Å². The number of nitro groups is 1. The molecule has 4 nitrogen and oxygen atoms in total. The van der Waals surface area contributed by atoms with Crippen LogP contribution in [-0.4, -0.2) is 9.91 Å². The van der Waals surface area contributed by atoms with Gasteiger partial charge in [0.15, 0.2) is 5.69 Å². The van der Waals surface area contributed by atoms with Gasteiger partial charge in [0.05, 0.1) is 5.33 Å². The Labute approximate surface area is 105 Å². The first kappa shape index (κ1) is 12.7. The SMILES string of the molecule is O=[N+]([O-])c1nc(CBr)cc(C(F)F)c1I. The quantitative estimate of drug-likeness (QED) is 0.343. The van der Waals surface area contributed by atoms with Crippen molar-refractivity contribution < 1.29 is 13.7 Å². The van der Waals surface area contributed by atoms with Gasteiger partial charge in [0.25, 0.3) is 6.43 Å². The minimum absolute atomic E-state index is 0.114. The van der Waals surface area contributed by atoms with Crippen molar-refractivity contribution >= 4 is 44.3 Å². The lowest BCUT2D eigenvalue weighted by Gasteiger charge is -2.04. The number of aromatic nitrogens is 1. The molecule has 0 aliphatic carbocycles. The number of nitrogens with zero attached hydrogens (tertiary/aromatic N) is 2. The number of rotatable bonds is 3. The molecule has 1 rings (SSSR count). The molecule has 1 aromatic rings. The zero-order valence-electron chi connectivity index (χ0n) is 7.08. The molecular formula is C7H4BrF2IN2O2. The van der Waals surface area contributed by atoms with Gasteiger partial charge in [-0.2, -0.15) is 0 Å². The van der Waals surface area contributed by atoms with Crippen LogP contribution in [0, 0.1) is 13.7 Å². The molecule has 0 aromatic carbocycles. The van der Waals surface area contributed by atoms with E-state index in [9.17, 15) is 18.9 Å². The first-order chi connectivity index (χ1) is 6.97. The molecule has 1 heterocycles. The average Bonchev–Trinajstić information content (AvgIpc) is 2.17. The molecular weight excluding hydrogens is 389 g/mol. The van der Waals surface area contributed by atoms with Crippen molar-refractivity contribution in [2.24, 2.45) is 0 Å². The number of hydrogen-bond donors (Lipinski definition) is 0. The van der Waals surface area contributed by atoms with Gasteiger partial charge in [-0.05, 0) is 38.6 Å². The van der Waals surface area contributed by atoms with Crippen LogP contribution in [0.1, 0.15) is 17.7 Å². The Balaban J connectivity index is 3.40. The standard InChI is InChI=1S/C7H4BrF2IN2O2/c8-2-3-1-4(6(9)10)5(11)7(12-3)13(14)15/h1,6H,2H2. The van der Waals surface area contributed by atoms with Crippen LogP contribution in [0.5, 0.6) is 0 Å². The molecule has 0 N–H and O–H groups in total. The third-order valence-electron chi connectivity index (χ3n) is 1.57. The van der Waals surface area contributed by atoms with E-state index in [2.05, 4.69) is 20.9 Å².